The van der Waals surface area contributed by atoms with Crippen LogP contribution in [-0.4, -0.2) is 46.8 Å². The van der Waals surface area contributed by atoms with E-state index < -0.39 is 5.54 Å². The van der Waals surface area contributed by atoms with Crippen molar-refractivity contribution in [1.29, 1.82) is 0 Å². The van der Waals surface area contributed by atoms with Crippen molar-refractivity contribution in [2.75, 3.05) is 19.7 Å². The number of carbonyl (C=O) groups is 2. The zero-order valence-electron chi connectivity index (χ0n) is 22.2. The third-order valence-corrected chi connectivity index (χ3v) is 8.15. The lowest BCUT2D eigenvalue weighted by atomic mass is 9.99. The number of amides is 2. The number of carbonyl (C=O) groups excluding carboxylic acids is 2. The average Bonchev–Trinajstić information content (AvgIpc) is 3.34. The summed E-state index contributed by atoms with van der Waals surface area (Å²) in [5.41, 5.74) is 2.21. The van der Waals surface area contributed by atoms with Crippen molar-refractivity contribution >= 4 is 34.8 Å². The maximum atomic E-state index is 13.8. The van der Waals surface area contributed by atoms with Crippen molar-refractivity contribution < 1.29 is 14.3 Å². The van der Waals surface area contributed by atoms with Crippen LogP contribution in [0.3, 0.4) is 0 Å². The first kappa shape index (κ1) is 27.2. The molecule has 1 aromatic heterocycles. The fraction of sp³-hybridized carbons (Fsp3) is 0.400. The second-order valence-electron chi connectivity index (χ2n) is 10.7. The summed E-state index contributed by atoms with van der Waals surface area (Å²) in [6.45, 7) is 11.0. The van der Waals surface area contributed by atoms with Gasteiger partial charge in [-0.3, -0.25) is 9.59 Å². The number of ether oxygens (including phenoxy) is 1. The van der Waals surface area contributed by atoms with Gasteiger partial charge in [-0.1, -0.05) is 49.7 Å². The first-order valence-corrected chi connectivity index (χ1v) is 14.0. The third-order valence-electron chi connectivity index (χ3n) is 6.82. The Morgan fingerprint density at radius 1 is 1.11 bits per heavy atom. The van der Waals surface area contributed by atoms with E-state index in [1.807, 2.05) is 37.8 Å². The maximum Gasteiger partial charge on any atom is 0.256 e. The topological polar surface area (TPSA) is 49.9 Å². The van der Waals surface area contributed by atoms with Crippen LogP contribution in [0.2, 0.25) is 5.02 Å². The summed E-state index contributed by atoms with van der Waals surface area (Å²) in [6, 6.07) is 17.0. The molecule has 2 aromatic carbocycles. The zero-order chi connectivity index (χ0) is 26.7. The van der Waals surface area contributed by atoms with Crippen LogP contribution >= 0.6 is 22.9 Å². The van der Waals surface area contributed by atoms with E-state index in [1.165, 1.54) is 10.4 Å². The zero-order valence-corrected chi connectivity index (χ0v) is 23.7. The third kappa shape index (κ3) is 6.19. The molecule has 0 bridgehead atoms. The van der Waals surface area contributed by atoms with Gasteiger partial charge in [0.25, 0.3) is 5.91 Å². The maximum absolute atomic E-state index is 13.8. The molecule has 5 nitrogen and oxygen atoms in total. The highest BCUT2D eigenvalue weighted by atomic mass is 35.5. The molecule has 0 fully saturated rings. The van der Waals surface area contributed by atoms with Gasteiger partial charge in [0.15, 0.2) is 0 Å². The van der Waals surface area contributed by atoms with E-state index in [-0.39, 0.29) is 24.4 Å². The summed E-state index contributed by atoms with van der Waals surface area (Å²) in [6.07, 6.45) is 0.798. The summed E-state index contributed by atoms with van der Waals surface area (Å²) in [5.74, 6) is 0.881. The molecule has 0 saturated heterocycles. The average molecular weight is 539 g/mol. The molecule has 7 heteroatoms. The summed E-state index contributed by atoms with van der Waals surface area (Å²) in [4.78, 5) is 32.1. The summed E-state index contributed by atoms with van der Waals surface area (Å²) >= 11 is 8.05. The largest absolute Gasteiger partial charge is 0.491 e. The molecular formula is C30H35ClN2O3S. The van der Waals surface area contributed by atoms with E-state index in [2.05, 4.69) is 37.4 Å². The van der Waals surface area contributed by atoms with E-state index in [9.17, 15) is 9.59 Å². The van der Waals surface area contributed by atoms with Gasteiger partial charge in [0, 0.05) is 17.0 Å². The lowest BCUT2D eigenvalue weighted by Crippen LogP contribution is -2.53. The van der Waals surface area contributed by atoms with Crippen LogP contribution < -0.4 is 4.74 Å². The van der Waals surface area contributed by atoms with Gasteiger partial charge < -0.3 is 14.5 Å². The van der Waals surface area contributed by atoms with Crippen LogP contribution in [-0.2, 0) is 11.2 Å². The highest BCUT2D eigenvalue weighted by Gasteiger charge is 2.36. The molecule has 0 N–H and O–H groups in total. The van der Waals surface area contributed by atoms with Crippen LogP contribution in [0.25, 0.3) is 0 Å². The first-order chi connectivity index (χ1) is 17.6. The van der Waals surface area contributed by atoms with E-state index in [0.29, 0.717) is 29.7 Å². The highest BCUT2D eigenvalue weighted by molar-refractivity contribution is 7.10. The van der Waals surface area contributed by atoms with Gasteiger partial charge in [0.1, 0.15) is 18.9 Å². The lowest BCUT2D eigenvalue weighted by Gasteiger charge is -2.40. The van der Waals surface area contributed by atoms with Gasteiger partial charge in [0.05, 0.1) is 16.6 Å². The molecule has 196 valence electrons. The SMILES string of the molecule is CC(C)c1ccc(OC[C@H]2c3ccsc3CCN2C(=O)CN(C(=O)c2ccccc2Cl)C(C)(C)C)cc1. The number of nitrogens with zero attached hydrogens (tertiary/aromatic N) is 2. The van der Waals surface area contributed by atoms with Crippen molar-refractivity contribution in [3.05, 3.63) is 86.6 Å². The van der Waals surface area contributed by atoms with Crippen LogP contribution in [0.4, 0.5) is 0 Å². The van der Waals surface area contributed by atoms with Crippen molar-refractivity contribution in [2.45, 2.75) is 58.5 Å². The van der Waals surface area contributed by atoms with Gasteiger partial charge in [0.2, 0.25) is 5.91 Å². The number of hydrogen-bond donors (Lipinski definition) is 0. The van der Waals surface area contributed by atoms with Gasteiger partial charge >= 0.3 is 0 Å². The summed E-state index contributed by atoms with van der Waals surface area (Å²) in [5, 5.41) is 2.45. The van der Waals surface area contributed by atoms with Crippen LogP contribution in [0.1, 0.15) is 72.9 Å². The number of fused-ring (bicyclic) bond motifs is 1. The molecule has 0 spiro atoms. The Bertz CT molecular complexity index is 1250. The number of rotatable bonds is 7. The molecule has 0 unspecified atom stereocenters. The highest BCUT2D eigenvalue weighted by Crippen LogP contribution is 2.34. The van der Waals surface area contributed by atoms with Crippen LogP contribution in [0.15, 0.2) is 60.0 Å². The van der Waals surface area contributed by atoms with Crippen molar-refractivity contribution in [3.63, 3.8) is 0 Å². The molecule has 0 radical (unpaired) electrons. The Morgan fingerprint density at radius 3 is 2.46 bits per heavy atom. The van der Waals surface area contributed by atoms with Crippen molar-refractivity contribution in [2.24, 2.45) is 0 Å². The van der Waals surface area contributed by atoms with Crippen LogP contribution in [0.5, 0.6) is 5.75 Å². The van der Waals surface area contributed by atoms with Gasteiger partial charge in [-0.2, -0.15) is 0 Å². The molecule has 1 atom stereocenters. The molecular weight excluding hydrogens is 504 g/mol. The Morgan fingerprint density at radius 2 is 1.81 bits per heavy atom. The Hall–Kier alpha value is -2.83. The molecule has 2 heterocycles. The van der Waals surface area contributed by atoms with Crippen molar-refractivity contribution in [3.8, 4) is 5.75 Å². The Kier molecular flexibility index (Phi) is 8.29. The number of benzene rings is 2. The molecule has 1 aliphatic rings. The minimum atomic E-state index is -0.570. The van der Waals surface area contributed by atoms with E-state index in [0.717, 1.165) is 17.7 Å². The lowest BCUT2D eigenvalue weighted by molar-refractivity contribution is -0.136. The number of hydrogen-bond acceptors (Lipinski definition) is 4. The summed E-state index contributed by atoms with van der Waals surface area (Å²) in [7, 11) is 0. The van der Waals surface area contributed by atoms with Gasteiger partial charge in [-0.25, -0.2) is 0 Å². The molecule has 3 aromatic rings. The summed E-state index contributed by atoms with van der Waals surface area (Å²) < 4.78 is 6.20. The number of halogens is 1. The quantitative estimate of drug-likeness (QED) is 0.326. The predicted octanol–water partition coefficient (Wildman–Crippen LogP) is 6.97. The van der Waals surface area contributed by atoms with Gasteiger partial charge in [-0.15, -0.1) is 11.3 Å². The molecule has 0 aliphatic carbocycles. The molecule has 4 rings (SSSR count). The Balaban J connectivity index is 1.55. The smallest absolute Gasteiger partial charge is 0.256 e. The minimum absolute atomic E-state index is 0.0351. The molecule has 0 saturated carbocycles. The van der Waals surface area contributed by atoms with Gasteiger partial charge in [-0.05, 0) is 79.9 Å². The second-order valence-corrected chi connectivity index (χ2v) is 12.1. The minimum Gasteiger partial charge on any atom is -0.491 e. The second kappa shape index (κ2) is 11.3. The van der Waals surface area contributed by atoms with Crippen molar-refractivity contribution in [1.82, 2.24) is 9.80 Å². The predicted molar refractivity (Wildman–Crippen MR) is 151 cm³/mol. The normalized spacial score (nSPS) is 15.4. The van der Waals surface area contributed by atoms with E-state index in [4.69, 9.17) is 16.3 Å². The standard InChI is InChI=1S/C30H35ClN2O3S/c1-20(2)21-10-12-22(13-11-21)36-19-26-24-15-17-37-27(24)14-16-32(26)28(34)18-33(30(3,4)5)29(35)23-8-6-7-9-25(23)31/h6-13,15,17,20,26H,14,16,18-19H2,1-5H3/t26-/m0/s1. The fourth-order valence-corrected chi connectivity index (χ4v) is 5.76. The van der Waals surface area contributed by atoms with E-state index in [1.54, 1.807) is 40.5 Å². The first-order valence-electron chi connectivity index (χ1n) is 12.7. The van der Waals surface area contributed by atoms with E-state index >= 15 is 0 Å². The Labute approximate surface area is 229 Å². The molecule has 37 heavy (non-hydrogen) atoms. The van der Waals surface area contributed by atoms with Crippen LogP contribution in [0, 0.1) is 0 Å². The molecule has 2 amide bonds. The monoisotopic (exact) mass is 538 g/mol. The fourth-order valence-electron chi connectivity index (χ4n) is 4.62. The number of thiophene rings is 1. The molecule has 1 aliphatic heterocycles.